The summed E-state index contributed by atoms with van der Waals surface area (Å²) in [7, 11) is 1.91. The molecule has 0 radical (unpaired) electrons. The van der Waals surface area contributed by atoms with Gasteiger partial charge in [-0.2, -0.15) is 5.10 Å². The Morgan fingerprint density at radius 2 is 2.22 bits per heavy atom. The molecule has 3 rings (SSSR count). The summed E-state index contributed by atoms with van der Waals surface area (Å²) in [6.45, 7) is 1.44. The van der Waals surface area contributed by atoms with Crippen molar-refractivity contribution in [1.29, 1.82) is 0 Å². The molecule has 2 aromatic rings. The van der Waals surface area contributed by atoms with E-state index in [0.29, 0.717) is 19.4 Å². The van der Waals surface area contributed by atoms with Gasteiger partial charge in [0.15, 0.2) is 0 Å². The van der Waals surface area contributed by atoms with Crippen molar-refractivity contribution in [3.63, 3.8) is 0 Å². The lowest BCUT2D eigenvalue weighted by atomic mass is 10.0. The Morgan fingerprint density at radius 3 is 2.96 bits per heavy atom. The SMILES string of the molecule is Cn1cc(CCC(=O)NCC2CCCO2)c(-c2ccccc2)n1. The van der Waals surface area contributed by atoms with Crippen molar-refractivity contribution in [2.75, 3.05) is 13.2 Å². The smallest absolute Gasteiger partial charge is 0.220 e. The Bertz CT molecular complexity index is 646. The van der Waals surface area contributed by atoms with E-state index < -0.39 is 0 Å². The Kier molecular flexibility index (Phi) is 5.08. The molecular formula is C18H23N3O2. The summed E-state index contributed by atoms with van der Waals surface area (Å²) in [6.07, 6.45) is 5.48. The maximum absolute atomic E-state index is 12.0. The van der Waals surface area contributed by atoms with Crippen LogP contribution in [0.5, 0.6) is 0 Å². The number of hydrogen-bond donors (Lipinski definition) is 1. The Balaban J connectivity index is 1.56. The lowest BCUT2D eigenvalue weighted by molar-refractivity contribution is -0.121. The number of nitrogens with one attached hydrogen (secondary N) is 1. The molecule has 23 heavy (non-hydrogen) atoms. The molecule has 1 unspecified atom stereocenters. The van der Waals surface area contributed by atoms with Gasteiger partial charge in [-0.1, -0.05) is 30.3 Å². The van der Waals surface area contributed by atoms with E-state index in [9.17, 15) is 4.79 Å². The van der Waals surface area contributed by atoms with E-state index in [1.807, 2.05) is 48.3 Å². The van der Waals surface area contributed by atoms with Gasteiger partial charge in [0.2, 0.25) is 5.91 Å². The predicted molar refractivity (Wildman–Crippen MR) is 88.9 cm³/mol. The van der Waals surface area contributed by atoms with E-state index >= 15 is 0 Å². The van der Waals surface area contributed by atoms with Gasteiger partial charge in [0.1, 0.15) is 0 Å². The summed E-state index contributed by atoms with van der Waals surface area (Å²) in [5.41, 5.74) is 3.15. The number of amides is 1. The topological polar surface area (TPSA) is 56.2 Å². The molecule has 1 aromatic heterocycles. The van der Waals surface area contributed by atoms with E-state index in [0.717, 1.165) is 36.3 Å². The van der Waals surface area contributed by atoms with Crippen LogP contribution in [0.2, 0.25) is 0 Å². The van der Waals surface area contributed by atoms with Crippen molar-refractivity contribution in [3.8, 4) is 11.3 Å². The molecule has 1 aliphatic rings. The summed E-state index contributed by atoms with van der Waals surface area (Å²) in [5, 5.41) is 7.50. The number of carbonyl (C=O) groups excluding carboxylic acids is 1. The average molecular weight is 313 g/mol. The molecule has 1 fully saturated rings. The van der Waals surface area contributed by atoms with Gasteiger partial charge in [-0.25, -0.2) is 0 Å². The number of hydrogen-bond acceptors (Lipinski definition) is 3. The van der Waals surface area contributed by atoms with Gasteiger partial charge >= 0.3 is 0 Å². The fourth-order valence-electron chi connectivity index (χ4n) is 2.93. The minimum Gasteiger partial charge on any atom is -0.376 e. The Hall–Kier alpha value is -2.14. The zero-order valence-corrected chi connectivity index (χ0v) is 13.5. The summed E-state index contributed by atoms with van der Waals surface area (Å²) in [4.78, 5) is 12.0. The van der Waals surface area contributed by atoms with Gasteiger partial charge in [0.05, 0.1) is 11.8 Å². The summed E-state index contributed by atoms with van der Waals surface area (Å²) >= 11 is 0. The molecule has 1 saturated heterocycles. The second-order valence-electron chi connectivity index (χ2n) is 5.98. The van der Waals surface area contributed by atoms with Crippen LogP contribution in [0.1, 0.15) is 24.8 Å². The molecule has 1 N–H and O–H groups in total. The third-order valence-corrected chi connectivity index (χ3v) is 4.12. The molecule has 0 aliphatic carbocycles. The number of aromatic nitrogens is 2. The lowest BCUT2D eigenvalue weighted by Crippen LogP contribution is -2.31. The van der Waals surface area contributed by atoms with Crippen molar-refractivity contribution >= 4 is 5.91 Å². The molecule has 0 saturated carbocycles. The number of ether oxygens (including phenoxy) is 1. The average Bonchev–Trinajstić information content (AvgIpc) is 3.21. The van der Waals surface area contributed by atoms with Crippen LogP contribution in [0.4, 0.5) is 0 Å². The summed E-state index contributed by atoms with van der Waals surface area (Å²) < 4.78 is 7.33. The zero-order valence-electron chi connectivity index (χ0n) is 13.5. The molecule has 1 aromatic carbocycles. The highest BCUT2D eigenvalue weighted by molar-refractivity contribution is 5.76. The van der Waals surface area contributed by atoms with Gasteiger partial charge < -0.3 is 10.1 Å². The first-order valence-corrected chi connectivity index (χ1v) is 8.18. The van der Waals surface area contributed by atoms with Crippen molar-refractivity contribution in [2.45, 2.75) is 31.8 Å². The number of benzene rings is 1. The van der Waals surface area contributed by atoms with E-state index in [-0.39, 0.29) is 12.0 Å². The van der Waals surface area contributed by atoms with Crippen molar-refractivity contribution in [1.82, 2.24) is 15.1 Å². The van der Waals surface area contributed by atoms with Gasteiger partial charge in [-0.05, 0) is 24.8 Å². The van der Waals surface area contributed by atoms with Gasteiger partial charge in [-0.3, -0.25) is 9.48 Å². The van der Waals surface area contributed by atoms with E-state index in [4.69, 9.17) is 4.74 Å². The lowest BCUT2D eigenvalue weighted by Gasteiger charge is -2.10. The quantitative estimate of drug-likeness (QED) is 0.890. The standard InChI is InChI=1S/C18H23N3O2/c1-21-13-15(18(20-21)14-6-3-2-4-7-14)9-10-17(22)19-12-16-8-5-11-23-16/h2-4,6-7,13,16H,5,8-12H2,1H3,(H,19,22). The van der Waals surface area contributed by atoms with Crippen LogP contribution >= 0.6 is 0 Å². The van der Waals surface area contributed by atoms with Crippen LogP contribution < -0.4 is 5.32 Å². The number of rotatable bonds is 6. The maximum Gasteiger partial charge on any atom is 0.220 e. The minimum atomic E-state index is 0.0726. The number of aryl methyl sites for hydroxylation is 2. The molecule has 2 heterocycles. The monoisotopic (exact) mass is 313 g/mol. The van der Waals surface area contributed by atoms with E-state index in [2.05, 4.69) is 10.4 Å². The molecular weight excluding hydrogens is 290 g/mol. The normalized spacial score (nSPS) is 17.3. The Morgan fingerprint density at radius 1 is 1.39 bits per heavy atom. The molecule has 1 atom stereocenters. The van der Waals surface area contributed by atoms with Crippen molar-refractivity contribution in [3.05, 3.63) is 42.1 Å². The summed E-state index contributed by atoms with van der Waals surface area (Å²) in [5.74, 6) is 0.0726. The van der Waals surface area contributed by atoms with Crippen molar-refractivity contribution in [2.24, 2.45) is 7.05 Å². The highest BCUT2D eigenvalue weighted by Gasteiger charge is 2.16. The van der Waals surface area contributed by atoms with Crippen LogP contribution in [-0.2, 0) is 23.0 Å². The molecule has 1 aliphatic heterocycles. The third kappa shape index (κ3) is 4.20. The van der Waals surface area contributed by atoms with Gasteiger partial charge in [0.25, 0.3) is 0 Å². The summed E-state index contributed by atoms with van der Waals surface area (Å²) in [6, 6.07) is 10.1. The first-order valence-electron chi connectivity index (χ1n) is 8.18. The molecule has 5 nitrogen and oxygen atoms in total. The highest BCUT2D eigenvalue weighted by Crippen LogP contribution is 2.22. The van der Waals surface area contributed by atoms with Gasteiger partial charge in [0, 0.05) is 38.4 Å². The Labute approximate surface area is 136 Å². The predicted octanol–water partition coefficient (Wildman–Crippen LogP) is 2.31. The van der Waals surface area contributed by atoms with Crippen LogP contribution in [-0.4, -0.2) is 34.9 Å². The van der Waals surface area contributed by atoms with Crippen LogP contribution in [0.25, 0.3) is 11.3 Å². The second-order valence-corrected chi connectivity index (χ2v) is 5.98. The number of nitrogens with zero attached hydrogens (tertiary/aromatic N) is 2. The van der Waals surface area contributed by atoms with E-state index in [1.165, 1.54) is 0 Å². The fraction of sp³-hybridized carbons (Fsp3) is 0.444. The minimum absolute atomic E-state index is 0.0726. The van der Waals surface area contributed by atoms with Crippen LogP contribution in [0.15, 0.2) is 36.5 Å². The van der Waals surface area contributed by atoms with Crippen LogP contribution in [0, 0.1) is 0 Å². The van der Waals surface area contributed by atoms with Crippen molar-refractivity contribution < 1.29 is 9.53 Å². The molecule has 5 heteroatoms. The molecule has 0 spiro atoms. The zero-order chi connectivity index (χ0) is 16.1. The fourth-order valence-corrected chi connectivity index (χ4v) is 2.93. The first kappa shape index (κ1) is 15.7. The molecule has 1 amide bonds. The molecule has 0 bridgehead atoms. The van der Waals surface area contributed by atoms with E-state index in [1.54, 1.807) is 0 Å². The second kappa shape index (κ2) is 7.42. The third-order valence-electron chi connectivity index (χ3n) is 4.12. The number of carbonyl (C=O) groups is 1. The first-order chi connectivity index (χ1) is 11.2. The largest absolute Gasteiger partial charge is 0.376 e. The van der Waals surface area contributed by atoms with Crippen LogP contribution in [0.3, 0.4) is 0 Å². The highest BCUT2D eigenvalue weighted by atomic mass is 16.5. The van der Waals surface area contributed by atoms with Gasteiger partial charge in [-0.15, -0.1) is 0 Å². The maximum atomic E-state index is 12.0. The molecule has 122 valence electrons.